The maximum atomic E-state index is 2.25. The Morgan fingerprint density at radius 2 is 2.00 bits per heavy atom. The van der Waals surface area contributed by atoms with Crippen LogP contribution in [0, 0.1) is 5.75 Å². The standard InChI is InChI=1S/C8H17S2/c1-3-5-6-7-8-10-9-4-2/h4H,3,5-8H2,1-2H3. The third kappa shape index (κ3) is 8.70. The van der Waals surface area contributed by atoms with Gasteiger partial charge < -0.3 is 0 Å². The Labute approximate surface area is 72.9 Å². The molecule has 0 rings (SSSR count). The summed E-state index contributed by atoms with van der Waals surface area (Å²) in [5, 5.41) is 0. The molecular weight excluding hydrogens is 160 g/mol. The van der Waals surface area contributed by atoms with Gasteiger partial charge >= 0.3 is 0 Å². The van der Waals surface area contributed by atoms with Crippen LogP contribution in [-0.2, 0) is 0 Å². The molecule has 0 saturated heterocycles. The smallest absolute Gasteiger partial charge is 0.0247 e. The van der Waals surface area contributed by atoms with Gasteiger partial charge in [0.2, 0.25) is 0 Å². The van der Waals surface area contributed by atoms with Crippen molar-refractivity contribution in [3.05, 3.63) is 5.75 Å². The summed E-state index contributed by atoms with van der Waals surface area (Å²) in [6, 6.07) is 0. The predicted molar refractivity (Wildman–Crippen MR) is 54.2 cm³/mol. The second-order valence-corrected chi connectivity index (χ2v) is 4.81. The first-order chi connectivity index (χ1) is 4.91. The zero-order valence-corrected chi connectivity index (χ0v) is 8.56. The molecule has 61 valence electrons. The molecule has 0 atom stereocenters. The lowest BCUT2D eigenvalue weighted by atomic mass is 10.2. The van der Waals surface area contributed by atoms with Gasteiger partial charge in [0.1, 0.15) is 0 Å². The molecule has 0 unspecified atom stereocenters. The van der Waals surface area contributed by atoms with Gasteiger partial charge in [0, 0.05) is 11.5 Å². The van der Waals surface area contributed by atoms with E-state index in [-0.39, 0.29) is 0 Å². The van der Waals surface area contributed by atoms with E-state index in [0.717, 1.165) is 0 Å². The number of rotatable bonds is 7. The molecule has 0 amide bonds. The Bertz CT molecular complexity index is 47.2. The van der Waals surface area contributed by atoms with E-state index in [1.54, 1.807) is 0 Å². The van der Waals surface area contributed by atoms with Crippen LogP contribution in [0.1, 0.15) is 39.5 Å². The average Bonchev–Trinajstić information content (AvgIpc) is 1.97. The van der Waals surface area contributed by atoms with Gasteiger partial charge in [-0.05, 0) is 6.42 Å². The van der Waals surface area contributed by atoms with Crippen molar-refractivity contribution in [1.29, 1.82) is 0 Å². The van der Waals surface area contributed by atoms with E-state index >= 15 is 0 Å². The molecule has 0 aromatic heterocycles. The van der Waals surface area contributed by atoms with Gasteiger partial charge in [-0.1, -0.05) is 54.7 Å². The van der Waals surface area contributed by atoms with Crippen LogP contribution in [0.15, 0.2) is 0 Å². The fourth-order valence-electron chi connectivity index (χ4n) is 0.704. The molecule has 0 fully saturated rings. The molecular formula is C8H17S2. The van der Waals surface area contributed by atoms with E-state index < -0.39 is 0 Å². The van der Waals surface area contributed by atoms with Crippen molar-refractivity contribution in [2.24, 2.45) is 0 Å². The first kappa shape index (κ1) is 10.7. The lowest BCUT2D eigenvalue weighted by molar-refractivity contribution is 0.707. The zero-order valence-electron chi connectivity index (χ0n) is 6.93. The molecule has 0 aromatic carbocycles. The quantitative estimate of drug-likeness (QED) is 0.423. The van der Waals surface area contributed by atoms with Gasteiger partial charge in [0.15, 0.2) is 0 Å². The van der Waals surface area contributed by atoms with Crippen molar-refractivity contribution in [3.8, 4) is 0 Å². The van der Waals surface area contributed by atoms with E-state index in [2.05, 4.69) is 19.6 Å². The number of unbranched alkanes of at least 4 members (excludes halogenated alkanes) is 3. The lowest BCUT2D eigenvalue weighted by Gasteiger charge is -1.97. The van der Waals surface area contributed by atoms with Crippen LogP contribution in [0.25, 0.3) is 0 Å². The Hall–Kier alpha value is 0.700. The number of hydrogen-bond donors (Lipinski definition) is 0. The maximum Gasteiger partial charge on any atom is 0.0247 e. The van der Waals surface area contributed by atoms with Crippen LogP contribution in [0.4, 0.5) is 0 Å². The highest BCUT2D eigenvalue weighted by atomic mass is 33.1. The Balaban J connectivity index is 2.65. The minimum absolute atomic E-state index is 1.31. The zero-order chi connectivity index (χ0) is 7.66. The average molecular weight is 177 g/mol. The summed E-state index contributed by atoms with van der Waals surface area (Å²) in [6.07, 6.45) is 5.55. The molecule has 0 aliphatic rings. The second kappa shape index (κ2) is 9.70. The van der Waals surface area contributed by atoms with E-state index in [9.17, 15) is 0 Å². The van der Waals surface area contributed by atoms with Crippen molar-refractivity contribution in [3.63, 3.8) is 0 Å². The summed E-state index contributed by atoms with van der Waals surface area (Å²) >= 11 is 0. The summed E-state index contributed by atoms with van der Waals surface area (Å²) in [6.45, 7) is 4.34. The predicted octanol–water partition coefficient (Wildman–Crippen LogP) is 4.13. The molecule has 0 spiro atoms. The molecule has 0 bridgehead atoms. The molecule has 10 heavy (non-hydrogen) atoms. The summed E-state index contributed by atoms with van der Waals surface area (Å²) < 4.78 is 0. The summed E-state index contributed by atoms with van der Waals surface area (Å²) in [4.78, 5) is 0. The third-order valence-electron chi connectivity index (χ3n) is 1.25. The van der Waals surface area contributed by atoms with Crippen LogP contribution in [0.3, 0.4) is 0 Å². The normalized spacial score (nSPS) is 10.2. The van der Waals surface area contributed by atoms with Gasteiger partial charge in [-0.15, -0.1) is 0 Å². The van der Waals surface area contributed by atoms with Crippen LogP contribution in [0.2, 0.25) is 0 Å². The molecule has 0 saturated carbocycles. The van der Waals surface area contributed by atoms with Gasteiger partial charge in [0.05, 0.1) is 0 Å². The Morgan fingerprint density at radius 3 is 2.60 bits per heavy atom. The first-order valence-corrected chi connectivity index (χ1v) is 6.36. The van der Waals surface area contributed by atoms with E-state index in [4.69, 9.17) is 0 Å². The summed E-state index contributed by atoms with van der Waals surface area (Å²) in [7, 11) is 3.82. The summed E-state index contributed by atoms with van der Waals surface area (Å²) in [5.74, 6) is 3.46. The minimum atomic E-state index is 1.31. The van der Waals surface area contributed by atoms with Crippen LogP contribution >= 0.6 is 21.6 Å². The van der Waals surface area contributed by atoms with Gasteiger partial charge in [-0.2, -0.15) is 0 Å². The monoisotopic (exact) mass is 177 g/mol. The molecule has 0 heterocycles. The SMILES string of the molecule is C[CH]SSCCCCCC. The molecule has 1 radical (unpaired) electrons. The van der Waals surface area contributed by atoms with Crippen molar-refractivity contribution in [2.45, 2.75) is 39.5 Å². The third-order valence-corrected chi connectivity index (χ3v) is 3.51. The second-order valence-electron chi connectivity index (χ2n) is 2.21. The van der Waals surface area contributed by atoms with Gasteiger partial charge in [-0.3, -0.25) is 0 Å². The van der Waals surface area contributed by atoms with Crippen molar-refractivity contribution in [2.75, 3.05) is 5.75 Å². The highest BCUT2D eigenvalue weighted by Crippen LogP contribution is 2.24. The van der Waals surface area contributed by atoms with E-state index in [1.807, 2.05) is 21.6 Å². The lowest BCUT2D eigenvalue weighted by Crippen LogP contribution is -1.77. The fraction of sp³-hybridized carbons (Fsp3) is 0.875. The largest absolute Gasteiger partial charge is 0.0938 e. The number of hydrogen-bond acceptors (Lipinski definition) is 2. The van der Waals surface area contributed by atoms with Crippen molar-refractivity contribution in [1.82, 2.24) is 0 Å². The molecule has 0 N–H and O–H groups in total. The summed E-state index contributed by atoms with van der Waals surface area (Å²) in [5.41, 5.74) is 0. The molecule has 0 aromatic rings. The fourth-order valence-corrected chi connectivity index (χ4v) is 2.31. The molecule has 2 heteroatoms. The van der Waals surface area contributed by atoms with Gasteiger partial charge in [-0.25, -0.2) is 0 Å². The van der Waals surface area contributed by atoms with Crippen LogP contribution < -0.4 is 0 Å². The molecule has 0 nitrogen and oxygen atoms in total. The van der Waals surface area contributed by atoms with Crippen LogP contribution in [-0.4, -0.2) is 5.75 Å². The Kier molecular flexibility index (Phi) is 10.4. The van der Waals surface area contributed by atoms with Crippen molar-refractivity contribution < 1.29 is 0 Å². The van der Waals surface area contributed by atoms with E-state index in [1.165, 1.54) is 31.4 Å². The first-order valence-electron chi connectivity index (χ1n) is 3.98. The highest BCUT2D eigenvalue weighted by molar-refractivity contribution is 8.77. The van der Waals surface area contributed by atoms with Crippen molar-refractivity contribution >= 4 is 21.6 Å². The molecule has 0 aliphatic carbocycles. The molecule has 0 aliphatic heterocycles. The highest BCUT2D eigenvalue weighted by Gasteiger charge is 1.88. The maximum absolute atomic E-state index is 2.25. The van der Waals surface area contributed by atoms with E-state index in [0.29, 0.717) is 0 Å². The topological polar surface area (TPSA) is 0 Å². The van der Waals surface area contributed by atoms with Gasteiger partial charge in [0.25, 0.3) is 0 Å². The van der Waals surface area contributed by atoms with Crippen LogP contribution in [0.5, 0.6) is 0 Å². The minimum Gasteiger partial charge on any atom is -0.0938 e. The Morgan fingerprint density at radius 1 is 1.20 bits per heavy atom.